The summed E-state index contributed by atoms with van der Waals surface area (Å²) >= 11 is 0. The number of amides is 1. The van der Waals surface area contributed by atoms with E-state index in [1.54, 1.807) is 19.4 Å². The molecule has 192 valence electrons. The molecule has 2 heterocycles. The van der Waals surface area contributed by atoms with Crippen LogP contribution in [0.25, 0.3) is 6.08 Å². The van der Waals surface area contributed by atoms with Crippen molar-refractivity contribution in [1.82, 2.24) is 9.88 Å². The molecule has 1 N–H and O–H groups in total. The summed E-state index contributed by atoms with van der Waals surface area (Å²) in [7, 11) is 1.73. The fourth-order valence-electron chi connectivity index (χ4n) is 4.35. The van der Waals surface area contributed by atoms with Gasteiger partial charge in [0.25, 0.3) is 0 Å². The number of pyridine rings is 1. The van der Waals surface area contributed by atoms with Crippen LogP contribution in [0.4, 0.5) is 11.5 Å². The van der Waals surface area contributed by atoms with Crippen molar-refractivity contribution >= 4 is 29.3 Å². The van der Waals surface area contributed by atoms with Crippen LogP contribution in [0.15, 0.2) is 72.9 Å². The Labute approximate surface area is 218 Å². The minimum absolute atomic E-state index is 0.0741. The molecule has 7 heteroatoms. The molecule has 0 spiro atoms. The second-order valence-electron chi connectivity index (χ2n) is 9.26. The summed E-state index contributed by atoms with van der Waals surface area (Å²) in [6.07, 6.45) is 5.35. The number of nitrogens with one attached hydrogen (secondary N) is 1. The minimum Gasteiger partial charge on any atom is -0.383 e. The predicted octanol–water partition coefficient (Wildman–Crippen LogP) is 4.24. The van der Waals surface area contributed by atoms with Gasteiger partial charge in [0, 0.05) is 57.9 Å². The van der Waals surface area contributed by atoms with Crippen molar-refractivity contribution in [3.63, 3.8) is 0 Å². The number of hydrogen-bond donors (Lipinski definition) is 1. The molecule has 37 heavy (non-hydrogen) atoms. The predicted molar refractivity (Wildman–Crippen MR) is 148 cm³/mol. The van der Waals surface area contributed by atoms with E-state index in [4.69, 9.17) is 4.74 Å². The molecule has 1 fully saturated rings. The van der Waals surface area contributed by atoms with Crippen molar-refractivity contribution in [1.29, 1.82) is 0 Å². The Kier molecular flexibility index (Phi) is 9.18. The summed E-state index contributed by atoms with van der Waals surface area (Å²) < 4.78 is 5.16. The summed E-state index contributed by atoms with van der Waals surface area (Å²) in [5.74, 6) is 0.327. The first-order valence-electron chi connectivity index (χ1n) is 12.6. The lowest BCUT2D eigenvalue weighted by molar-refractivity contribution is -0.111. The maximum atomic E-state index is 12.6. The van der Waals surface area contributed by atoms with Crippen LogP contribution in [0, 0.1) is 6.92 Å². The van der Waals surface area contributed by atoms with E-state index in [0.717, 1.165) is 61.7 Å². The van der Waals surface area contributed by atoms with Crippen LogP contribution in [-0.4, -0.2) is 68.0 Å². The Morgan fingerprint density at radius 1 is 1.03 bits per heavy atom. The molecular formula is C30H34N4O3. The van der Waals surface area contributed by atoms with Crippen molar-refractivity contribution in [3.05, 3.63) is 95.2 Å². The summed E-state index contributed by atoms with van der Waals surface area (Å²) in [5, 5.41) is 2.81. The first-order chi connectivity index (χ1) is 18.0. The van der Waals surface area contributed by atoms with E-state index in [9.17, 15) is 9.59 Å². The molecule has 1 aliphatic heterocycles. The minimum atomic E-state index is -0.256. The van der Waals surface area contributed by atoms with Gasteiger partial charge in [-0.2, -0.15) is 0 Å². The second-order valence-corrected chi connectivity index (χ2v) is 9.26. The first-order valence-corrected chi connectivity index (χ1v) is 12.6. The van der Waals surface area contributed by atoms with Gasteiger partial charge in [-0.1, -0.05) is 48.0 Å². The third kappa shape index (κ3) is 7.84. The molecule has 0 atom stereocenters. The highest BCUT2D eigenvalue weighted by Gasteiger charge is 2.17. The monoisotopic (exact) mass is 498 g/mol. The largest absolute Gasteiger partial charge is 0.383 e. The standard InChI is InChI=1S/C30H34N4O3/c1-23-5-3-8-26(19-23)28(35)21-25-7-4-6-24(20-25)9-12-30(36)32-29-11-10-27(22-31-29)34-15-13-33(14-16-34)17-18-37-2/h3-12,19-20,22H,13-18,21H2,1-2H3,(H,31,32,36)/b12-9+. The maximum absolute atomic E-state index is 12.6. The average molecular weight is 499 g/mol. The van der Waals surface area contributed by atoms with Crippen molar-refractivity contribution in [3.8, 4) is 0 Å². The van der Waals surface area contributed by atoms with E-state index in [1.807, 2.05) is 67.6 Å². The number of ketones is 1. The van der Waals surface area contributed by atoms with Crippen LogP contribution < -0.4 is 10.2 Å². The van der Waals surface area contributed by atoms with E-state index >= 15 is 0 Å². The number of carbonyl (C=O) groups excluding carboxylic acids is 2. The lowest BCUT2D eigenvalue weighted by Gasteiger charge is -2.35. The van der Waals surface area contributed by atoms with Gasteiger partial charge in [-0.15, -0.1) is 0 Å². The number of anilines is 2. The summed E-state index contributed by atoms with van der Waals surface area (Å²) in [6, 6.07) is 19.1. The van der Waals surface area contributed by atoms with Gasteiger partial charge in [0.2, 0.25) is 5.91 Å². The summed E-state index contributed by atoms with van der Waals surface area (Å²) in [6.45, 7) is 7.55. The fraction of sp³-hybridized carbons (Fsp3) is 0.300. The highest BCUT2D eigenvalue weighted by atomic mass is 16.5. The van der Waals surface area contributed by atoms with Gasteiger partial charge < -0.3 is 15.0 Å². The Bertz CT molecular complexity index is 1230. The number of Topliss-reactive ketones (excluding diaryl/α,β-unsaturated/α-hetero) is 1. The highest BCUT2D eigenvalue weighted by molar-refractivity contribution is 6.01. The van der Waals surface area contributed by atoms with Crippen molar-refractivity contribution in [2.75, 3.05) is 56.7 Å². The molecule has 1 saturated heterocycles. The number of aromatic nitrogens is 1. The maximum Gasteiger partial charge on any atom is 0.249 e. The molecule has 3 aromatic rings. The summed E-state index contributed by atoms with van der Waals surface area (Å²) in [4.78, 5) is 34.2. The smallest absolute Gasteiger partial charge is 0.249 e. The number of hydrogen-bond acceptors (Lipinski definition) is 6. The van der Waals surface area contributed by atoms with Crippen LogP contribution in [0.5, 0.6) is 0 Å². The number of rotatable bonds is 10. The van der Waals surface area contributed by atoms with Crippen LogP contribution in [-0.2, 0) is 16.0 Å². The molecule has 4 rings (SSSR count). The van der Waals surface area contributed by atoms with Gasteiger partial charge in [-0.3, -0.25) is 14.5 Å². The van der Waals surface area contributed by atoms with E-state index in [1.165, 1.54) is 6.08 Å². The zero-order valence-electron chi connectivity index (χ0n) is 21.5. The molecule has 2 aromatic carbocycles. The molecule has 0 aliphatic carbocycles. The number of aryl methyl sites for hydroxylation is 1. The topological polar surface area (TPSA) is 74.8 Å². The molecule has 0 bridgehead atoms. The Balaban J connectivity index is 1.28. The molecule has 0 unspecified atom stereocenters. The van der Waals surface area contributed by atoms with E-state index in [-0.39, 0.29) is 11.7 Å². The highest BCUT2D eigenvalue weighted by Crippen LogP contribution is 2.18. The molecular weight excluding hydrogens is 464 g/mol. The lowest BCUT2D eigenvalue weighted by Crippen LogP contribution is -2.47. The zero-order chi connectivity index (χ0) is 26.0. The van der Waals surface area contributed by atoms with Crippen molar-refractivity contribution in [2.45, 2.75) is 13.3 Å². The Morgan fingerprint density at radius 2 is 1.84 bits per heavy atom. The summed E-state index contributed by atoms with van der Waals surface area (Å²) in [5.41, 5.74) is 4.60. The molecule has 1 aromatic heterocycles. The van der Waals surface area contributed by atoms with E-state index in [2.05, 4.69) is 20.1 Å². The van der Waals surface area contributed by atoms with E-state index < -0.39 is 0 Å². The average Bonchev–Trinajstić information content (AvgIpc) is 2.92. The van der Waals surface area contributed by atoms with Crippen molar-refractivity contribution in [2.24, 2.45) is 0 Å². The lowest BCUT2D eigenvalue weighted by atomic mass is 10.00. The zero-order valence-corrected chi connectivity index (χ0v) is 21.5. The number of methoxy groups -OCH3 is 1. The first kappa shape index (κ1) is 26.3. The Morgan fingerprint density at radius 3 is 2.57 bits per heavy atom. The van der Waals surface area contributed by atoms with Crippen LogP contribution in [0.2, 0.25) is 0 Å². The molecule has 1 amide bonds. The van der Waals surface area contributed by atoms with Crippen LogP contribution in [0.1, 0.15) is 27.0 Å². The number of carbonyl (C=O) groups is 2. The number of piperazine rings is 1. The number of ether oxygens (including phenoxy) is 1. The SMILES string of the molecule is COCCN1CCN(c2ccc(NC(=O)/C=C/c3cccc(CC(=O)c4cccc(C)c4)c3)nc2)CC1. The quantitative estimate of drug-likeness (QED) is 0.333. The van der Waals surface area contributed by atoms with Gasteiger partial charge in [-0.05, 0) is 42.3 Å². The van der Waals surface area contributed by atoms with Gasteiger partial charge in [0.05, 0.1) is 18.5 Å². The molecule has 1 aliphatic rings. The fourth-order valence-corrected chi connectivity index (χ4v) is 4.35. The number of nitrogens with zero attached hydrogens (tertiary/aromatic N) is 3. The second kappa shape index (κ2) is 12.9. The molecule has 0 radical (unpaired) electrons. The van der Waals surface area contributed by atoms with Crippen LogP contribution in [0.3, 0.4) is 0 Å². The third-order valence-electron chi connectivity index (χ3n) is 6.43. The van der Waals surface area contributed by atoms with E-state index in [0.29, 0.717) is 17.8 Å². The third-order valence-corrected chi connectivity index (χ3v) is 6.43. The Hall–Kier alpha value is -3.81. The number of benzene rings is 2. The van der Waals surface area contributed by atoms with Gasteiger partial charge in [0.15, 0.2) is 5.78 Å². The van der Waals surface area contributed by atoms with Gasteiger partial charge >= 0.3 is 0 Å². The van der Waals surface area contributed by atoms with Gasteiger partial charge in [-0.25, -0.2) is 4.98 Å². The van der Waals surface area contributed by atoms with Crippen molar-refractivity contribution < 1.29 is 14.3 Å². The normalized spacial score (nSPS) is 14.2. The molecule has 0 saturated carbocycles. The molecule has 7 nitrogen and oxygen atoms in total. The van der Waals surface area contributed by atoms with Crippen LogP contribution >= 0.6 is 0 Å². The van der Waals surface area contributed by atoms with Gasteiger partial charge in [0.1, 0.15) is 5.82 Å².